The Labute approximate surface area is 159 Å². The molecule has 2 aromatic heterocycles. The van der Waals surface area contributed by atoms with Gasteiger partial charge in [-0.15, -0.1) is 11.3 Å². The third-order valence-corrected chi connectivity index (χ3v) is 6.12. The molecule has 1 aromatic carbocycles. The Morgan fingerprint density at radius 1 is 1.26 bits per heavy atom. The molecule has 8 heteroatoms. The largest absolute Gasteiger partial charge is 0.497 e. The van der Waals surface area contributed by atoms with Crippen LogP contribution in [-0.2, 0) is 20.0 Å². The number of nitrogens with zero attached hydrogens (tertiary/aromatic N) is 2. The van der Waals surface area contributed by atoms with Crippen LogP contribution in [0.1, 0.15) is 30.6 Å². The maximum atomic E-state index is 13.1. The number of amides is 2. The van der Waals surface area contributed by atoms with E-state index in [1.165, 1.54) is 11.3 Å². The van der Waals surface area contributed by atoms with Gasteiger partial charge in [-0.3, -0.25) is 14.8 Å². The highest BCUT2D eigenvalue weighted by Gasteiger charge is 2.27. The zero-order valence-corrected chi connectivity index (χ0v) is 15.8. The van der Waals surface area contributed by atoms with E-state index in [0.717, 1.165) is 27.1 Å². The van der Waals surface area contributed by atoms with Gasteiger partial charge in [-0.1, -0.05) is 0 Å². The molecule has 0 unspecified atom stereocenters. The molecular formula is C19H19N3O4S. The number of benzene rings is 1. The summed E-state index contributed by atoms with van der Waals surface area (Å²) >= 11 is 1.31. The second kappa shape index (κ2) is 6.71. The van der Waals surface area contributed by atoms with Crippen molar-refractivity contribution in [3.63, 3.8) is 0 Å². The monoisotopic (exact) mass is 385 g/mol. The van der Waals surface area contributed by atoms with E-state index >= 15 is 0 Å². The summed E-state index contributed by atoms with van der Waals surface area (Å²) in [5.41, 5.74) is 4.30. The van der Waals surface area contributed by atoms with E-state index in [9.17, 15) is 9.59 Å². The first-order valence-electron chi connectivity index (χ1n) is 8.50. The Morgan fingerprint density at radius 3 is 2.81 bits per heavy atom. The van der Waals surface area contributed by atoms with Crippen LogP contribution in [0, 0.1) is 0 Å². The zero-order chi connectivity index (χ0) is 19.1. The number of ether oxygens (including phenoxy) is 1. The molecule has 0 saturated carbocycles. The zero-order valence-electron chi connectivity index (χ0n) is 15.0. The number of hydrogen-bond acceptors (Lipinski definition) is 5. The predicted molar refractivity (Wildman–Crippen MR) is 101 cm³/mol. The molecule has 1 aliphatic heterocycles. The van der Waals surface area contributed by atoms with Gasteiger partial charge in [0.2, 0.25) is 0 Å². The summed E-state index contributed by atoms with van der Waals surface area (Å²) in [6.45, 7) is 1.05. The number of fused-ring (bicyclic) bond motifs is 2. The fourth-order valence-corrected chi connectivity index (χ4v) is 4.60. The summed E-state index contributed by atoms with van der Waals surface area (Å²) in [5, 5.41) is 9.76. The average Bonchev–Trinajstić information content (AvgIpc) is 3.27. The molecule has 0 radical (unpaired) electrons. The summed E-state index contributed by atoms with van der Waals surface area (Å²) in [4.78, 5) is 28.0. The molecule has 0 atom stereocenters. The van der Waals surface area contributed by atoms with Crippen molar-refractivity contribution >= 4 is 34.1 Å². The van der Waals surface area contributed by atoms with E-state index < -0.39 is 5.91 Å². The predicted octanol–water partition coefficient (Wildman–Crippen LogP) is 2.57. The minimum atomic E-state index is -0.519. The van der Waals surface area contributed by atoms with Crippen molar-refractivity contribution in [3.05, 3.63) is 51.3 Å². The van der Waals surface area contributed by atoms with E-state index in [1.54, 1.807) is 23.6 Å². The maximum Gasteiger partial charge on any atom is 0.284 e. The lowest BCUT2D eigenvalue weighted by atomic mass is 10.1. The van der Waals surface area contributed by atoms with Crippen molar-refractivity contribution in [2.45, 2.75) is 13.0 Å². The average molecular weight is 385 g/mol. The minimum absolute atomic E-state index is 0.0418. The van der Waals surface area contributed by atoms with Crippen LogP contribution in [0.2, 0.25) is 0 Å². The molecular weight excluding hydrogens is 366 g/mol. The van der Waals surface area contributed by atoms with E-state index in [1.807, 2.05) is 35.9 Å². The molecule has 2 amide bonds. The third-order valence-electron chi connectivity index (χ3n) is 4.96. The lowest BCUT2D eigenvalue weighted by Gasteiger charge is -2.27. The topological polar surface area (TPSA) is 83.8 Å². The molecule has 0 bridgehead atoms. The molecule has 3 aromatic rings. The van der Waals surface area contributed by atoms with Crippen molar-refractivity contribution in [2.75, 3.05) is 13.7 Å². The molecule has 0 spiro atoms. The van der Waals surface area contributed by atoms with Crippen LogP contribution in [0.15, 0.2) is 30.3 Å². The van der Waals surface area contributed by atoms with Crippen molar-refractivity contribution in [2.24, 2.45) is 7.05 Å². The molecule has 27 heavy (non-hydrogen) atoms. The van der Waals surface area contributed by atoms with Crippen molar-refractivity contribution in [1.82, 2.24) is 14.9 Å². The number of aryl methyl sites for hydroxylation is 1. The quantitative estimate of drug-likeness (QED) is 0.536. The molecule has 2 N–H and O–H groups in total. The Kier molecular flexibility index (Phi) is 4.37. The Balaban J connectivity index is 1.62. The summed E-state index contributed by atoms with van der Waals surface area (Å²) in [6.07, 6.45) is 0.689. The van der Waals surface area contributed by atoms with Gasteiger partial charge in [0.1, 0.15) is 11.4 Å². The number of methoxy groups -OCH3 is 1. The van der Waals surface area contributed by atoms with Gasteiger partial charge in [-0.25, -0.2) is 5.48 Å². The van der Waals surface area contributed by atoms with Gasteiger partial charge in [0.05, 0.1) is 18.5 Å². The fourth-order valence-electron chi connectivity index (χ4n) is 3.48. The van der Waals surface area contributed by atoms with Gasteiger partial charge in [0, 0.05) is 29.4 Å². The number of rotatable bonds is 3. The Bertz CT molecular complexity index is 1050. The third kappa shape index (κ3) is 2.96. The van der Waals surface area contributed by atoms with Gasteiger partial charge in [0.15, 0.2) is 0 Å². The molecule has 0 aliphatic carbocycles. The van der Waals surface area contributed by atoms with Crippen molar-refractivity contribution in [1.29, 1.82) is 0 Å². The Hall–Kier alpha value is -2.84. The molecule has 0 fully saturated rings. The summed E-state index contributed by atoms with van der Waals surface area (Å²) < 4.78 is 7.16. The van der Waals surface area contributed by atoms with E-state index in [0.29, 0.717) is 30.1 Å². The number of nitrogens with one attached hydrogen (secondary N) is 1. The van der Waals surface area contributed by atoms with E-state index in [2.05, 4.69) is 0 Å². The Morgan fingerprint density at radius 2 is 2.07 bits per heavy atom. The highest BCUT2D eigenvalue weighted by Crippen LogP contribution is 2.30. The van der Waals surface area contributed by atoms with Crippen LogP contribution in [0.4, 0.5) is 0 Å². The lowest BCUT2D eigenvalue weighted by molar-refractivity contribution is 0.0708. The molecule has 1 aliphatic rings. The molecule has 3 heterocycles. The highest BCUT2D eigenvalue weighted by atomic mass is 32.1. The summed E-state index contributed by atoms with van der Waals surface area (Å²) in [5.74, 6) is 0.192. The van der Waals surface area contributed by atoms with Crippen LogP contribution in [0.3, 0.4) is 0 Å². The summed E-state index contributed by atoms with van der Waals surface area (Å²) in [6, 6.07) is 9.41. The normalized spacial score (nSPS) is 13.5. The van der Waals surface area contributed by atoms with E-state index in [-0.39, 0.29) is 5.91 Å². The van der Waals surface area contributed by atoms with Gasteiger partial charge in [-0.05, 0) is 42.3 Å². The second-order valence-electron chi connectivity index (χ2n) is 6.49. The first-order chi connectivity index (χ1) is 13.0. The SMILES string of the molecule is COc1ccc2c(c1)cc(C(=O)N1CCc3cc(C(=O)NO)sc3C1)n2C. The number of thiophene rings is 1. The molecule has 4 rings (SSSR count). The van der Waals surface area contributed by atoms with Crippen molar-refractivity contribution < 1.29 is 19.5 Å². The second-order valence-corrected chi connectivity index (χ2v) is 7.63. The lowest BCUT2D eigenvalue weighted by Crippen LogP contribution is -2.36. The van der Waals surface area contributed by atoms with Gasteiger partial charge in [-0.2, -0.15) is 0 Å². The fraction of sp³-hybridized carbons (Fsp3) is 0.263. The number of carbonyl (C=O) groups is 2. The molecule has 140 valence electrons. The van der Waals surface area contributed by atoms with Gasteiger partial charge in [0.25, 0.3) is 11.8 Å². The number of hydroxylamine groups is 1. The number of hydrogen-bond donors (Lipinski definition) is 2. The summed E-state index contributed by atoms with van der Waals surface area (Å²) in [7, 11) is 3.50. The molecule has 0 saturated heterocycles. The highest BCUT2D eigenvalue weighted by molar-refractivity contribution is 7.14. The van der Waals surface area contributed by atoms with Crippen LogP contribution in [0.25, 0.3) is 10.9 Å². The first-order valence-corrected chi connectivity index (χ1v) is 9.32. The number of aromatic nitrogens is 1. The smallest absolute Gasteiger partial charge is 0.284 e. The van der Waals surface area contributed by atoms with Crippen LogP contribution in [0.5, 0.6) is 5.75 Å². The van der Waals surface area contributed by atoms with Crippen LogP contribution >= 0.6 is 11.3 Å². The van der Waals surface area contributed by atoms with Crippen LogP contribution in [-0.4, -0.2) is 40.1 Å². The van der Waals surface area contributed by atoms with Gasteiger partial charge < -0.3 is 14.2 Å². The standard InChI is InChI=1S/C19H19N3O4S/c1-21-14-4-3-13(26-2)7-12(14)8-15(21)19(24)22-6-5-11-9-16(18(23)20-25)27-17(11)10-22/h3-4,7-9,25H,5-6,10H2,1-2H3,(H,20,23). The van der Waals surface area contributed by atoms with Crippen molar-refractivity contribution in [3.8, 4) is 5.75 Å². The minimum Gasteiger partial charge on any atom is -0.497 e. The first kappa shape index (κ1) is 17.6. The maximum absolute atomic E-state index is 13.1. The van der Waals surface area contributed by atoms with E-state index in [4.69, 9.17) is 9.94 Å². The van der Waals surface area contributed by atoms with Gasteiger partial charge >= 0.3 is 0 Å². The molecule has 7 nitrogen and oxygen atoms in total. The number of carbonyl (C=O) groups excluding carboxylic acids is 2. The van der Waals surface area contributed by atoms with Crippen LogP contribution < -0.4 is 10.2 Å².